The summed E-state index contributed by atoms with van der Waals surface area (Å²) in [6, 6.07) is 5.45. The molecule has 1 aromatic rings. The molecule has 0 radical (unpaired) electrons. The summed E-state index contributed by atoms with van der Waals surface area (Å²) >= 11 is 0. The van der Waals surface area contributed by atoms with Crippen molar-refractivity contribution < 1.29 is 23.6 Å². The molecule has 1 aromatic carbocycles. The lowest BCUT2D eigenvalue weighted by Gasteiger charge is -2.32. The molecule has 0 aliphatic carbocycles. The van der Waals surface area contributed by atoms with Gasteiger partial charge in [-0.2, -0.15) is 0 Å². The first-order valence-corrected chi connectivity index (χ1v) is 8.04. The fraction of sp³-hybridized carbons (Fsp3) is 0.588. The van der Waals surface area contributed by atoms with E-state index in [9.17, 15) is 4.79 Å². The number of hydrogen-bond donors (Lipinski definition) is 0. The van der Waals surface area contributed by atoms with Gasteiger partial charge in [0, 0.05) is 11.9 Å². The molecule has 5 nitrogen and oxygen atoms in total. The Morgan fingerprint density at radius 1 is 1.13 bits per heavy atom. The Kier molecular flexibility index (Phi) is 5.06. The number of carbonyl (C=O) groups excluding carboxylic acids is 1. The largest absolute Gasteiger partial charge is 0.498 e. The van der Waals surface area contributed by atoms with E-state index in [1.807, 2.05) is 46.8 Å². The second-order valence-corrected chi connectivity index (χ2v) is 6.52. The molecule has 1 aliphatic rings. The van der Waals surface area contributed by atoms with Crippen molar-refractivity contribution in [2.75, 3.05) is 6.61 Å². The third-order valence-electron chi connectivity index (χ3n) is 4.32. The molecule has 0 bridgehead atoms. The lowest BCUT2D eigenvalue weighted by molar-refractivity contribution is -0.134. The van der Waals surface area contributed by atoms with Crippen molar-refractivity contribution in [3.05, 3.63) is 18.2 Å². The van der Waals surface area contributed by atoms with Crippen molar-refractivity contribution in [2.24, 2.45) is 0 Å². The van der Waals surface area contributed by atoms with Crippen molar-refractivity contribution in [1.29, 1.82) is 0 Å². The number of esters is 1. The molecule has 1 heterocycles. The van der Waals surface area contributed by atoms with Crippen LogP contribution in [0.1, 0.15) is 48.0 Å². The average molecular weight is 320 g/mol. The van der Waals surface area contributed by atoms with Gasteiger partial charge in [0.15, 0.2) is 11.5 Å². The molecule has 1 aliphatic heterocycles. The maximum Gasteiger partial charge on any atom is 0.498 e. The predicted molar refractivity (Wildman–Crippen MR) is 89.3 cm³/mol. The van der Waals surface area contributed by atoms with Crippen LogP contribution in [0.3, 0.4) is 0 Å². The van der Waals surface area contributed by atoms with Gasteiger partial charge in [0.1, 0.15) is 0 Å². The third kappa shape index (κ3) is 3.53. The molecule has 1 saturated heterocycles. The molecule has 0 N–H and O–H groups in total. The van der Waals surface area contributed by atoms with E-state index in [0.717, 1.165) is 0 Å². The number of hydrogen-bond acceptors (Lipinski definition) is 5. The van der Waals surface area contributed by atoms with E-state index in [0.29, 0.717) is 23.6 Å². The first-order chi connectivity index (χ1) is 10.7. The van der Waals surface area contributed by atoms with E-state index < -0.39 is 18.3 Å². The summed E-state index contributed by atoms with van der Waals surface area (Å²) in [5.74, 6) is 0.566. The van der Waals surface area contributed by atoms with Gasteiger partial charge in [-0.15, -0.1) is 0 Å². The van der Waals surface area contributed by atoms with Gasteiger partial charge in [-0.05, 0) is 40.7 Å². The summed E-state index contributed by atoms with van der Waals surface area (Å²) in [6.45, 7) is 12.0. The van der Waals surface area contributed by atoms with Crippen LogP contribution in [-0.2, 0) is 14.1 Å². The monoisotopic (exact) mass is 320 g/mol. The van der Waals surface area contributed by atoms with Crippen molar-refractivity contribution in [1.82, 2.24) is 0 Å². The van der Waals surface area contributed by atoms with E-state index in [1.165, 1.54) is 0 Å². The number of carbonyl (C=O) groups is 1. The Hall–Kier alpha value is -1.53. The molecule has 23 heavy (non-hydrogen) atoms. The van der Waals surface area contributed by atoms with Crippen LogP contribution in [0.15, 0.2) is 18.2 Å². The second-order valence-electron chi connectivity index (χ2n) is 6.52. The van der Waals surface area contributed by atoms with E-state index in [-0.39, 0.29) is 12.4 Å². The zero-order chi connectivity index (χ0) is 17.3. The number of rotatable bonds is 5. The third-order valence-corrected chi connectivity index (χ3v) is 4.32. The van der Waals surface area contributed by atoms with Gasteiger partial charge in [-0.1, -0.05) is 19.1 Å². The molecule has 126 valence electrons. The van der Waals surface area contributed by atoms with E-state index in [4.69, 9.17) is 18.8 Å². The minimum absolute atomic E-state index is 0.281. The lowest BCUT2D eigenvalue weighted by Crippen LogP contribution is -2.41. The summed E-state index contributed by atoms with van der Waals surface area (Å²) in [6.07, 6.45) is 0.281. The van der Waals surface area contributed by atoms with Crippen LogP contribution in [0.4, 0.5) is 0 Å². The van der Waals surface area contributed by atoms with Crippen molar-refractivity contribution in [3.63, 3.8) is 0 Å². The molecule has 0 spiro atoms. The van der Waals surface area contributed by atoms with Crippen molar-refractivity contribution >= 4 is 18.6 Å². The quantitative estimate of drug-likeness (QED) is 0.474. The van der Waals surface area contributed by atoms with Crippen LogP contribution < -0.4 is 14.9 Å². The molecule has 0 atom stereocenters. The Morgan fingerprint density at radius 2 is 1.74 bits per heavy atom. The number of ether oxygens (including phenoxy) is 2. The first-order valence-electron chi connectivity index (χ1n) is 8.04. The smallest absolute Gasteiger partial charge is 0.490 e. The zero-order valence-corrected chi connectivity index (χ0v) is 14.8. The Morgan fingerprint density at radius 3 is 2.26 bits per heavy atom. The minimum Gasteiger partial charge on any atom is -0.490 e. The van der Waals surface area contributed by atoms with Gasteiger partial charge in [-0.25, -0.2) is 0 Å². The molecule has 0 unspecified atom stereocenters. The molecular formula is C17H25BO5. The molecule has 2 rings (SSSR count). The van der Waals surface area contributed by atoms with Gasteiger partial charge in [0.2, 0.25) is 0 Å². The van der Waals surface area contributed by atoms with Crippen LogP contribution in [0, 0.1) is 0 Å². The Balaban J connectivity index is 2.42. The average Bonchev–Trinajstić information content (AvgIpc) is 2.69. The summed E-state index contributed by atoms with van der Waals surface area (Å²) in [5.41, 5.74) is -0.271. The van der Waals surface area contributed by atoms with E-state index >= 15 is 0 Å². The maximum absolute atomic E-state index is 11.8. The Labute approximate surface area is 138 Å². The second kappa shape index (κ2) is 6.53. The van der Waals surface area contributed by atoms with Crippen molar-refractivity contribution in [2.45, 2.75) is 59.2 Å². The fourth-order valence-corrected chi connectivity index (χ4v) is 2.25. The van der Waals surface area contributed by atoms with Gasteiger partial charge < -0.3 is 18.8 Å². The molecule has 0 saturated carbocycles. The standard InChI is InChI=1S/C17H25BO5/c1-7-14(19)21-15-12(10-9-11-13(15)20-8-2)18-22-16(3,4)17(5,6)23-18/h9-11H,7-8H2,1-6H3. The summed E-state index contributed by atoms with van der Waals surface area (Å²) in [7, 11) is -0.611. The van der Waals surface area contributed by atoms with Gasteiger partial charge in [0.05, 0.1) is 17.8 Å². The predicted octanol–water partition coefficient (Wildman–Crippen LogP) is 2.70. The molecule has 0 amide bonds. The molecular weight excluding hydrogens is 295 g/mol. The summed E-state index contributed by atoms with van der Waals surface area (Å²) in [4.78, 5) is 11.8. The molecule has 6 heteroatoms. The fourth-order valence-electron chi connectivity index (χ4n) is 2.25. The van der Waals surface area contributed by atoms with Crippen LogP contribution in [0.2, 0.25) is 0 Å². The van der Waals surface area contributed by atoms with Crippen LogP contribution in [-0.4, -0.2) is 30.9 Å². The zero-order valence-electron chi connectivity index (χ0n) is 14.8. The maximum atomic E-state index is 11.8. The van der Waals surface area contributed by atoms with Gasteiger partial charge in [-0.3, -0.25) is 4.79 Å². The molecule has 1 fully saturated rings. The highest BCUT2D eigenvalue weighted by atomic mass is 16.7. The van der Waals surface area contributed by atoms with Crippen LogP contribution >= 0.6 is 0 Å². The Bertz CT molecular complexity index is 566. The van der Waals surface area contributed by atoms with Gasteiger partial charge in [0.25, 0.3) is 0 Å². The molecule has 0 aromatic heterocycles. The highest BCUT2D eigenvalue weighted by Crippen LogP contribution is 2.38. The van der Waals surface area contributed by atoms with Crippen LogP contribution in [0.25, 0.3) is 0 Å². The highest BCUT2D eigenvalue weighted by Gasteiger charge is 2.52. The summed E-state index contributed by atoms with van der Waals surface area (Å²) < 4.78 is 23.2. The topological polar surface area (TPSA) is 54.0 Å². The highest BCUT2D eigenvalue weighted by molar-refractivity contribution is 6.63. The van der Waals surface area contributed by atoms with Crippen molar-refractivity contribution in [3.8, 4) is 11.5 Å². The number of para-hydroxylation sites is 1. The number of benzene rings is 1. The minimum atomic E-state index is -0.611. The normalized spacial score (nSPS) is 18.8. The van der Waals surface area contributed by atoms with E-state index in [2.05, 4.69) is 0 Å². The summed E-state index contributed by atoms with van der Waals surface area (Å²) in [5, 5.41) is 0. The van der Waals surface area contributed by atoms with Gasteiger partial charge >= 0.3 is 13.1 Å². The first kappa shape index (κ1) is 17.8. The lowest BCUT2D eigenvalue weighted by atomic mass is 9.78. The van der Waals surface area contributed by atoms with Crippen LogP contribution in [0.5, 0.6) is 11.5 Å². The SMILES string of the molecule is CCOc1cccc(B2OC(C)(C)C(C)(C)O2)c1OC(=O)CC. The van der Waals surface area contributed by atoms with E-state index in [1.54, 1.807) is 13.0 Å².